The van der Waals surface area contributed by atoms with Crippen LogP contribution in [0.25, 0.3) is 10.9 Å². The smallest absolute Gasteiger partial charge is 0.331 e. The molecule has 1 atom stereocenters. The summed E-state index contributed by atoms with van der Waals surface area (Å²) in [5, 5.41) is 3.79. The number of piperidine rings is 1. The first-order valence-electron chi connectivity index (χ1n) is 7.60. The van der Waals surface area contributed by atoms with Crippen LogP contribution in [0.15, 0.2) is 27.8 Å². The Morgan fingerprint density at radius 3 is 2.86 bits per heavy atom. The Morgan fingerprint density at radius 1 is 1.36 bits per heavy atom. The van der Waals surface area contributed by atoms with E-state index in [-0.39, 0.29) is 11.2 Å². The van der Waals surface area contributed by atoms with Crippen molar-refractivity contribution < 1.29 is 4.74 Å². The number of nitrogens with zero attached hydrogens (tertiary/aromatic N) is 2. The molecule has 0 bridgehead atoms. The van der Waals surface area contributed by atoms with Crippen molar-refractivity contribution >= 4 is 10.9 Å². The molecule has 118 valence electrons. The van der Waals surface area contributed by atoms with Gasteiger partial charge in [0.1, 0.15) is 11.1 Å². The van der Waals surface area contributed by atoms with Gasteiger partial charge in [-0.25, -0.2) is 4.79 Å². The minimum Gasteiger partial charge on any atom is -0.496 e. The van der Waals surface area contributed by atoms with Crippen LogP contribution in [0.4, 0.5) is 0 Å². The third-order valence-electron chi connectivity index (χ3n) is 4.40. The number of nitrogens with one attached hydrogen (secondary N) is 1. The molecule has 2 heterocycles. The van der Waals surface area contributed by atoms with Crippen molar-refractivity contribution in [3.63, 3.8) is 0 Å². The lowest BCUT2D eigenvalue weighted by molar-refractivity contribution is 0.327. The second-order valence-corrected chi connectivity index (χ2v) is 5.82. The molecule has 1 N–H and O–H groups in total. The van der Waals surface area contributed by atoms with Gasteiger partial charge in [0.25, 0.3) is 5.56 Å². The first-order chi connectivity index (χ1) is 10.6. The maximum atomic E-state index is 12.8. The number of aryl methyl sites for hydroxylation is 1. The van der Waals surface area contributed by atoms with Gasteiger partial charge in [-0.1, -0.05) is 6.07 Å². The van der Waals surface area contributed by atoms with E-state index in [0.29, 0.717) is 29.1 Å². The van der Waals surface area contributed by atoms with Crippen molar-refractivity contribution in [2.45, 2.75) is 19.4 Å². The highest BCUT2D eigenvalue weighted by Gasteiger charge is 2.19. The molecule has 6 heteroatoms. The second-order valence-electron chi connectivity index (χ2n) is 5.82. The molecule has 0 aliphatic carbocycles. The van der Waals surface area contributed by atoms with E-state index < -0.39 is 0 Å². The molecule has 1 fully saturated rings. The molecular formula is C16H21N3O3. The molecule has 0 radical (unpaired) electrons. The molecule has 22 heavy (non-hydrogen) atoms. The van der Waals surface area contributed by atoms with E-state index in [0.717, 1.165) is 25.9 Å². The monoisotopic (exact) mass is 303 g/mol. The Hall–Kier alpha value is -2.08. The molecule has 1 unspecified atom stereocenters. The first kappa shape index (κ1) is 14.8. The Morgan fingerprint density at radius 2 is 2.18 bits per heavy atom. The van der Waals surface area contributed by atoms with E-state index in [4.69, 9.17) is 4.74 Å². The number of aromatic nitrogens is 2. The van der Waals surface area contributed by atoms with E-state index in [1.54, 1.807) is 25.2 Å². The maximum absolute atomic E-state index is 12.8. The summed E-state index contributed by atoms with van der Waals surface area (Å²) in [7, 11) is 3.23. The SMILES string of the molecule is COc1cccc2c1c(=O)n(CC1CCCNC1)c(=O)n2C. The van der Waals surface area contributed by atoms with Crippen molar-refractivity contribution in [3.8, 4) is 5.75 Å². The average molecular weight is 303 g/mol. The van der Waals surface area contributed by atoms with Gasteiger partial charge in [-0.15, -0.1) is 0 Å². The standard InChI is InChI=1S/C16H21N3O3/c1-18-12-6-3-7-13(22-2)14(12)15(20)19(16(18)21)10-11-5-4-8-17-9-11/h3,6-7,11,17H,4-5,8-10H2,1-2H3. The molecule has 1 saturated heterocycles. The van der Waals surface area contributed by atoms with Crippen LogP contribution in [0, 0.1) is 5.92 Å². The summed E-state index contributed by atoms with van der Waals surface area (Å²) in [5.74, 6) is 0.819. The van der Waals surface area contributed by atoms with Crippen LogP contribution in [-0.4, -0.2) is 29.3 Å². The summed E-state index contributed by atoms with van der Waals surface area (Å²) in [6.45, 7) is 2.31. The number of hydrogen-bond donors (Lipinski definition) is 1. The van der Waals surface area contributed by atoms with Crippen LogP contribution in [0.1, 0.15) is 12.8 Å². The van der Waals surface area contributed by atoms with Gasteiger partial charge < -0.3 is 10.1 Å². The fraction of sp³-hybridized carbons (Fsp3) is 0.500. The lowest BCUT2D eigenvalue weighted by atomic mass is 9.99. The molecule has 0 spiro atoms. The third kappa shape index (κ3) is 2.43. The van der Waals surface area contributed by atoms with Gasteiger partial charge in [-0.2, -0.15) is 0 Å². The zero-order valence-electron chi connectivity index (χ0n) is 13.0. The van der Waals surface area contributed by atoms with Crippen LogP contribution in [0.5, 0.6) is 5.75 Å². The molecule has 0 amide bonds. The first-order valence-corrected chi connectivity index (χ1v) is 7.60. The number of benzene rings is 1. The zero-order chi connectivity index (χ0) is 15.7. The Balaban J connectivity index is 2.17. The van der Waals surface area contributed by atoms with E-state index in [9.17, 15) is 9.59 Å². The Bertz CT molecular complexity index is 801. The lowest BCUT2D eigenvalue weighted by Crippen LogP contribution is -2.43. The second kappa shape index (κ2) is 5.96. The largest absolute Gasteiger partial charge is 0.496 e. The molecule has 1 aliphatic rings. The van der Waals surface area contributed by atoms with Crippen molar-refractivity contribution in [2.24, 2.45) is 13.0 Å². The predicted octanol–water partition coefficient (Wildman–Crippen LogP) is 0.708. The summed E-state index contributed by atoms with van der Waals surface area (Å²) < 4.78 is 8.18. The highest BCUT2D eigenvalue weighted by Crippen LogP contribution is 2.20. The van der Waals surface area contributed by atoms with Gasteiger partial charge in [-0.3, -0.25) is 13.9 Å². The summed E-state index contributed by atoms with van der Waals surface area (Å²) in [4.78, 5) is 25.3. The van der Waals surface area contributed by atoms with Crippen LogP contribution in [0.2, 0.25) is 0 Å². The van der Waals surface area contributed by atoms with Crippen molar-refractivity contribution in [2.75, 3.05) is 20.2 Å². The summed E-state index contributed by atoms with van der Waals surface area (Å²) in [5.41, 5.74) is 0.0739. The maximum Gasteiger partial charge on any atom is 0.331 e. The van der Waals surface area contributed by atoms with Gasteiger partial charge >= 0.3 is 5.69 Å². The molecule has 2 aromatic rings. The molecule has 1 aromatic heterocycles. The van der Waals surface area contributed by atoms with E-state index in [1.807, 2.05) is 0 Å². The summed E-state index contributed by atoms with van der Waals surface area (Å²) in [6, 6.07) is 5.31. The Kier molecular flexibility index (Phi) is 4.02. The zero-order valence-corrected chi connectivity index (χ0v) is 13.0. The van der Waals surface area contributed by atoms with Gasteiger partial charge in [-0.05, 0) is 44.0 Å². The quantitative estimate of drug-likeness (QED) is 0.907. The van der Waals surface area contributed by atoms with Gasteiger partial charge in [0.15, 0.2) is 0 Å². The molecule has 1 aliphatic heterocycles. The van der Waals surface area contributed by atoms with Gasteiger partial charge in [0.2, 0.25) is 0 Å². The highest BCUT2D eigenvalue weighted by atomic mass is 16.5. The number of methoxy groups -OCH3 is 1. The predicted molar refractivity (Wildman–Crippen MR) is 85.6 cm³/mol. The highest BCUT2D eigenvalue weighted by molar-refractivity contribution is 5.84. The number of fused-ring (bicyclic) bond motifs is 1. The van der Waals surface area contributed by atoms with Crippen molar-refractivity contribution in [3.05, 3.63) is 39.0 Å². The number of rotatable bonds is 3. The van der Waals surface area contributed by atoms with Crippen molar-refractivity contribution in [1.82, 2.24) is 14.5 Å². The average Bonchev–Trinajstić information content (AvgIpc) is 2.57. The van der Waals surface area contributed by atoms with Gasteiger partial charge in [0, 0.05) is 13.6 Å². The normalized spacial score (nSPS) is 18.5. The summed E-state index contributed by atoms with van der Waals surface area (Å²) in [6.07, 6.45) is 2.11. The van der Waals surface area contributed by atoms with Gasteiger partial charge in [0.05, 0.1) is 12.6 Å². The number of hydrogen-bond acceptors (Lipinski definition) is 4. The minimum absolute atomic E-state index is 0.263. The fourth-order valence-electron chi connectivity index (χ4n) is 3.19. The topological polar surface area (TPSA) is 65.3 Å². The molecule has 0 saturated carbocycles. The molecule has 3 rings (SSSR count). The van der Waals surface area contributed by atoms with Crippen LogP contribution in [-0.2, 0) is 13.6 Å². The van der Waals surface area contributed by atoms with Crippen LogP contribution < -0.4 is 21.3 Å². The molecular weight excluding hydrogens is 282 g/mol. The Labute approximate surface area is 128 Å². The minimum atomic E-state index is -0.267. The summed E-state index contributed by atoms with van der Waals surface area (Å²) >= 11 is 0. The van der Waals surface area contributed by atoms with Crippen LogP contribution >= 0.6 is 0 Å². The van der Waals surface area contributed by atoms with Crippen molar-refractivity contribution in [1.29, 1.82) is 0 Å². The third-order valence-corrected chi connectivity index (χ3v) is 4.40. The molecule has 6 nitrogen and oxygen atoms in total. The lowest BCUT2D eigenvalue weighted by Gasteiger charge is -2.23. The van der Waals surface area contributed by atoms with E-state index in [2.05, 4.69) is 5.32 Å². The van der Waals surface area contributed by atoms with E-state index >= 15 is 0 Å². The van der Waals surface area contributed by atoms with E-state index in [1.165, 1.54) is 16.2 Å². The van der Waals surface area contributed by atoms with Crippen LogP contribution in [0.3, 0.4) is 0 Å². The fourth-order valence-corrected chi connectivity index (χ4v) is 3.19. The molecule has 1 aromatic carbocycles. The number of ether oxygens (including phenoxy) is 1.